The molecule has 37 heavy (non-hydrogen) atoms. The van der Waals surface area contributed by atoms with Crippen molar-refractivity contribution in [1.82, 2.24) is 4.90 Å². The van der Waals surface area contributed by atoms with Crippen LogP contribution >= 0.6 is 39.3 Å². The maximum Gasteiger partial charge on any atom is 0.293 e. The van der Waals surface area contributed by atoms with E-state index in [9.17, 15) is 14.0 Å². The molecule has 0 N–H and O–H groups in total. The number of carbonyl (C=O) groups excluding carboxylic acids is 2. The second kappa shape index (κ2) is 12.0. The molecule has 1 fully saturated rings. The Balaban J connectivity index is 1.59. The normalized spacial score (nSPS) is 14.4. The maximum atomic E-state index is 13.4. The van der Waals surface area contributed by atoms with Crippen LogP contribution in [0.15, 0.2) is 76.6 Å². The summed E-state index contributed by atoms with van der Waals surface area (Å²) in [5, 5.41) is -0.273. The number of thioether (sulfide) groups is 1. The summed E-state index contributed by atoms with van der Waals surface area (Å²) in [5.41, 5.74) is 2.98. The van der Waals surface area contributed by atoms with Crippen molar-refractivity contribution in [1.29, 1.82) is 0 Å². The van der Waals surface area contributed by atoms with Gasteiger partial charge < -0.3 is 9.47 Å². The minimum absolute atomic E-state index is 0.0466. The van der Waals surface area contributed by atoms with E-state index >= 15 is 0 Å². The van der Waals surface area contributed by atoms with Crippen LogP contribution in [0.4, 0.5) is 9.18 Å². The van der Waals surface area contributed by atoms with E-state index in [1.165, 1.54) is 12.1 Å². The van der Waals surface area contributed by atoms with Crippen LogP contribution in [0.25, 0.3) is 6.08 Å². The van der Waals surface area contributed by atoms with Crippen molar-refractivity contribution in [2.45, 2.75) is 19.6 Å². The molecule has 3 aromatic rings. The number of rotatable bonds is 9. The molecular formula is C28H22BrClFNO4S. The van der Waals surface area contributed by atoms with Gasteiger partial charge in [0.05, 0.1) is 18.6 Å². The Bertz CT molecular complexity index is 1390. The molecule has 0 spiro atoms. The minimum Gasteiger partial charge on any atom is -0.493 e. The predicted octanol–water partition coefficient (Wildman–Crippen LogP) is 7.79. The molecule has 1 aliphatic heterocycles. The Kier molecular flexibility index (Phi) is 8.74. The Morgan fingerprint density at radius 1 is 1.11 bits per heavy atom. The lowest BCUT2D eigenvalue weighted by atomic mass is 10.0. The monoisotopic (exact) mass is 601 g/mol. The van der Waals surface area contributed by atoms with Gasteiger partial charge >= 0.3 is 0 Å². The zero-order valence-electron chi connectivity index (χ0n) is 19.8. The van der Waals surface area contributed by atoms with Gasteiger partial charge in [-0.25, -0.2) is 4.39 Å². The highest BCUT2D eigenvalue weighted by molar-refractivity contribution is 9.10. The molecule has 0 unspecified atom stereocenters. The van der Waals surface area contributed by atoms with E-state index in [1.807, 2.05) is 30.3 Å². The van der Waals surface area contributed by atoms with Gasteiger partial charge in [0.25, 0.3) is 11.1 Å². The highest BCUT2D eigenvalue weighted by Gasteiger charge is 2.35. The van der Waals surface area contributed by atoms with E-state index < -0.39 is 17.0 Å². The molecule has 190 valence electrons. The van der Waals surface area contributed by atoms with Crippen molar-refractivity contribution >= 4 is 56.5 Å². The van der Waals surface area contributed by atoms with Gasteiger partial charge in [0.1, 0.15) is 12.4 Å². The number of hydrogen-bond donors (Lipinski definition) is 0. The van der Waals surface area contributed by atoms with Gasteiger partial charge in [-0.2, -0.15) is 0 Å². The summed E-state index contributed by atoms with van der Waals surface area (Å²) in [6.07, 6.45) is 3.91. The van der Waals surface area contributed by atoms with Crippen LogP contribution in [0.1, 0.15) is 22.3 Å². The molecule has 9 heteroatoms. The molecule has 5 nitrogen and oxygen atoms in total. The third kappa shape index (κ3) is 6.44. The van der Waals surface area contributed by atoms with E-state index in [0.29, 0.717) is 35.7 Å². The van der Waals surface area contributed by atoms with Gasteiger partial charge in [-0.05, 0) is 77.3 Å². The largest absolute Gasteiger partial charge is 0.493 e. The Hall–Kier alpha value is -3.07. The Morgan fingerprint density at radius 2 is 1.86 bits per heavy atom. The summed E-state index contributed by atoms with van der Waals surface area (Å²) in [5.74, 6) is 0.146. The van der Waals surface area contributed by atoms with Crippen LogP contribution < -0.4 is 9.47 Å². The molecule has 0 atom stereocenters. The van der Waals surface area contributed by atoms with E-state index in [1.54, 1.807) is 25.3 Å². The van der Waals surface area contributed by atoms with E-state index in [2.05, 4.69) is 22.5 Å². The Morgan fingerprint density at radius 3 is 2.54 bits per heavy atom. The SMILES string of the molecule is C=CCc1cc(/C=C2\SC(=O)N(Cc3ccc(F)cc3Cl)C2=O)cc(OC)c1OCc1ccc(Br)cc1. The molecule has 1 saturated heterocycles. The fourth-order valence-electron chi connectivity index (χ4n) is 3.73. The second-order valence-corrected chi connectivity index (χ2v) is 10.4. The fourth-order valence-corrected chi connectivity index (χ4v) is 5.06. The number of methoxy groups -OCH3 is 1. The highest BCUT2D eigenvalue weighted by Crippen LogP contribution is 2.38. The third-order valence-electron chi connectivity index (χ3n) is 5.55. The molecule has 1 aliphatic rings. The minimum atomic E-state index is -0.490. The van der Waals surface area contributed by atoms with Crippen LogP contribution in [-0.2, 0) is 24.4 Å². The molecule has 0 radical (unpaired) electrons. The molecule has 0 saturated carbocycles. The van der Waals surface area contributed by atoms with Crippen LogP contribution in [0.2, 0.25) is 5.02 Å². The molecular weight excluding hydrogens is 581 g/mol. The van der Waals surface area contributed by atoms with Crippen LogP contribution in [0, 0.1) is 5.82 Å². The van der Waals surface area contributed by atoms with Crippen molar-refractivity contribution in [3.63, 3.8) is 0 Å². The summed E-state index contributed by atoms with van der Waals surface area (Å²) in [7, 11) is 1.55. The average Bonchev–Trinajstić information content (AvgIpc) is 3.13. The fraction of sp³-hybridized carbons (Fsp3) is 0.143. The topological polar surface area (TPSA) is 55.8 Å². The van der Waals surface area contributed by atoms with Gasteiger partial charge in [-0.3, -0.25) is 14.5 Å². The first-order valence-electron chi connectivity index (χ1n) is 11.2. The lowest BCUT2D eigenvalue weighted by Gasteiger charge is -2.16. The first-order chi connectivity index (χ1) is 17.8. The number of carbonyl (C=O) groups is 2. The first-order valence-corrected chi connectivity index (χ1v) is 13.2. The molecule has 3 aromatic carbocycles. The van der Waals surface area contributed by atoms with Gasteiger partial charge in [0.15, 0.2) is 11.5 Å². The van der Waals surface area contributed by atoms with Gasteiger partial charge in [0, 0.05) is 15.1 Å². The van der Waals surface area contributed by atoms with Crippen LogP contribution in [0.3, 0.4) is 0 Å². The summed E-state index contributed by atoms with van der Waals surface area (Å²) in [4.78, 5) is 27.0. The zero-order chi connectivity index (χ0) is 26.5. The zero-order valence-corrected chi connectivity index (χ0v) is 23.0. The highest BCUT2D eigenvalue weighted by atomic mass is 79.9. The number of nitrogens with zero attached hydrogens (tertiary/aromatic N) is 1. The van der Waals surface area contributed by atoms with Crippen molar-refractivity contribution in [3.05, 3.63) is 110 Å². The number of halogens is 3. The summed E-state index contributed by atoms with van der Waals surface area (Å²) < 4.78 is 26.1. The lowest BCUT2D eigenvalue weighted by Crippen LogP contribution is -2.27. The molecule has 1 heterocycles. The number of ether oxygens (including phenoxy) is 2. The first kappa shape index (κ1) is 27.0. The number of amides is 2. The number of hydrogen-bond acceptors (Lipinski definition) is 5. The molecule has 0 bridgehead atoms. The van der Waals surface area contributed by atoms with Crippen molar-refractivity contribution in [3.8, 4) is 11.5 Å². The van der Waals surface area contributed by atoms with Gasteiger partial charge in [0.2, 0.25) is 0 Å². The quantitative estimate of drug-likeness (QED) is 0.185. The molecule has 2 amide bonds. The van der Waals surface area contributed by atoms with Crippen LogP contribution in [0.5, 0.6) is 11.5 Å². The number of allylic oxidation sites excluding steroid dienone is 1. The summed E-state index contributed by atoms with van der Waals surface area (Å²) in [6.45, 7) is 4.14. The van der Waals surface area contributed by atoms with Crippen LogP contribution in [-0.4, -0.2) is 23.2 Å². The predicted molar refractivity (Wildman–Crippen MR) is 148 cm³/mol. The smallest absolute Gasteiger partial charge is 0.293 e. The lowest BCUT2D eigenvalue weighted by molar-refractivity contribution is -0.123. The molecule has 0 aliphatic carbocycles. The van der Waals surface area contributed by atoms with Gasteiger partial charge in [-0.15, -0.1) is 6.58 Å². The van der Waals surface area contributed by atoms with E-state index in [4.69, 9.17) is 21.1 Å². The molecule has 0 aromatic heterocycles. The van der Waals surface area contributed by atoms with E-state index in [0.717, 1.165) is 38.3 Å². The van der Waals surface area contributed by atoms with E-state index in [-0.39, 0.29) is 16.5 Å². The second-order valence-electron chi connectivity index (χ2n) is 8.12. The summed E-state index contributed by atoms with van der Waals surface area (Å²) >= 11 is 10.4. The standard InChI is InChI=1S/C28H22BrClFNO4S/c1-3-4-19-11-18(12-24(35-2)26(19)36-16-17-5-8-21(29)9-6-17)13-25-27(33)32(28(34)37-25)15-20-7-10-22(31)14-23(20)30/h3,5-14H,1,4,15-16H2,2H3/b25-13-. The Labute approximate surface area is 232 Å². The molecule has 4 rings (SSSR count). The summed E-state index contributed by atoms with van der Waals surface area (Å²) in [6, 6.07) is 15.3. The maximum absolute atomic E-state index is 13.4. The third-order valence-corrected chi connectivity index (χ3v) is 7.34. The van der Waals surface area contributed by atoms with Crippen molar-refractivity contribution in [2.24, 2.45) is 0 Å². The van der Waals surface area contributed by atoms with Crippen molar-refractivity contribution in [2.75, 3.05) is 7.11 Å². The number of imide groups is 1. The average molecular weight is 603 g/mol. The van der Waals surface area contributed by atoms with Crippen molar-refractivity contribution < 1.29 is 23.5 Å². The number of benzene rings is 3. The van der Waals surface area contributed by atoms with Gasteiger partial charge in [-0.1, -0.05) is 51.8 Å².